The number of fused-ring (bicyclic) bond motifs is 1. The van der Waals surface area contributed by atoms with Crippen molar-refractivity contribution in [3.63, 3.8) is 0 Å². The molecule has 2 fully saturated rings. The predicted molar refractivity (Wildman–Crippen MR) is 191 cm³/mol. The Morgan fingerprint density at radius 2 is 1.73 bits per heavy atom. The molecule has 12 nitrogen and oxygen atoms in total. The van der Waals surface area contributed by atoms with E-state index in [1.54, 1.807) is 12.1 Å². The van der Waals surface area contributed by atoms with Crippen LogP contribution in [0, 0.1) is 17.1 Å². The molecule has 0 spiro atoms. The van der Waals surface area contributed by atoms with E-state index in [0.29, 0.717) is 59.8 Å². The molecule has 254 valence electrons. The molecule has 2 saturated heterocycles. The lowest BCUT2D eigenvalue weighted by atomic mass is 10.1. The number of pyridine rings is 1. The summed E-state index contributed by atoms with van der Waals surface area (Å²) in [6.45, 7) is 6.52. The number of imidazole rings is 1. The summed E-state index contributed by atoms with van der Waals surface area (Å²) in [6, 6.07) is 12.5. The first-order valence-corrected chi connectivity index (χ1v) is 17.0. The zero-order chi connectivity index (χ0) is 33.2. The number of carbonyl (C=O) groups excluding carboxylic acids is 1. The van der Waals surface area contributed by atoms with Crippen molar-refractivity contribution in [3.05, 3.63) is 71.4 Å². The van der Waals surface area contributed by atoms with E-state index in [1.807, 2.05) is 52.0 Å². The number of aromatic nitrogens is 5. The maximum absolute atomic E-state index is 13.6. The number of aryl methyl sites for hydroxylation is 1. The Labute approximate surface area is 294 Å². The van der Waals surface area contributed by atoms with Gasteiger partial charge in [-0.2, -0.15) is 5.26 Å². The topological polar surface area (TPSA) is 131 Å². The number of nitrogens with one attached hydrogen (secondary N) is 2. The highest BCUT2D eigenvalue weighted by Gasteiger charge is 2.26. The van der Waals surface area contributed by atoms with Crippen molar-refractivity contribution < 1.29 is 9.18 Å². The lowest BCUT2D eigenvalue weighted by molar-refractivity contribution is 0.187. The third-order valence-electron chi connectivity index (χ3n) is 8.93. The summed E-state index contributed by atoms with van der Waals surface area (Å²) < 4.78 is 15.6. The van der Waals surface area contributed by atoms with Crippen molar-refractivity contribution in [3.8, 4) is 28.5 Å². The van der Waals surface area contributed by atoms with Crippen LogP contribution in [0.3, 0.4) is 0 Å². The summed E-state index contributed by atoms with van der Waals surface area (Å²) in [5, 5.41) is 17.0. The molecular weight excluding hydrogens is 665 g/mol. The van der Waals surface area contributed by atoms with Gasteiger partial charge in [-0.3, -0.25) is 4.40 Å². The normalized spacial score (nSPS) is 15.1. The molecule has 15 heteroatoms. The molecule has 0 aliphatic carbocycles. The first kappa shape index (κ1) is 34.0. The lowest BCUT2D eigenvalue weighted by Crippen LogP contribution is -2.54. The molecule has 6 heterocycles. The second-order valence-corrected chi connectivity index (χ2v) is 12.9. The highest BCUT2D eigenvalue weighted by Crippen LogP contribution is 2.37. The van der Waals surface area contributed by atoms with Crippen LogP contribution in [0.2, 0.25) is 0 Å². The van der Waals surface area contributed by atoms with Gasteiger partial charge < -0.3 is 25.3 Å². The zero-order valence-corrected chi connectivity index (χ0v) is 28.9. The first-order chi connectivity index (χ1) is 23.4. The van der Waals surface area contributed by atoms with E-state index in [2.05, 4.69) is 28.5 Å². The third-order valence-corrected chi connectivity index (χ3v) is 9.96. The van der Waals surface area contributed by atoms with Gasteiger partial charge in [-0.05, 0) is 68.8 Å². The number of thiazole rings is 1. The van der Waals surface area contributed by atoms with Crippen LogP contribution in [-0.4, -0.2) is 87.6 Å². The number of rotatable bonds is 7. The van der Waals surface area contributed by atoms with Crippen LogP contribution in [0.15, 0.2) is 55.0 Å². The summed E-state index contributed by atoms with van der Waals surface area (Å²) in [5.74, 6) is 1.15. The molecular formula is C34H37ClFN11OS. The van der Waals surface area contributed by atoms with Crippen LogP contribution in [0.25, 0.3) is 28.0 Å². The number of hydrogen-bond acceptors (Lipinski definition) is 10. The average molecular weight is 702 g/mol. The van der Waals surface area contributed by atoms with Crippen molar-refractivity contribution >= 4 is 52.3 Å². The number of nitrogens with zero attached hydrogens (tertiary/aromatic N) is 9. The third kappa shape index (κ3) is 7.01. The predicted octanol–water partition coefficient (Wildman–Crippen LogP) is 5.26. The lowest BCUT2D eigenvalue weighted by Gasteiger charge is -2.36. The zero-order valence-electron chi connectivity index (χ0n) is 27.3. The summed E-state index contributed by atoms with van der Waals surface area (Å²) in [4.78, 5) is 38.2. The molecule has 0 radical (unpaired) electrons. The monoisotopic (exact) mass is 701 g/mol. The number of piperidine rings is 1. The summed E-state index contributed by atoms with van der Waals surface area (Å²) in [7, 11) is 1.92. The van der Waals surface area contributed by atoms with E-state index < -0.39 is 0 Å². The molecule has 49 heavy (non-hydrogen) atoms. The van der Waals surface area contributed by atoms with E-state index >= 15 is 0 Å². The Hall–Kier alpha value is -4.84. The number of hydrogen-bond donors (Lipinski definition) is 2. The summed E-state index contributed by atoms with van der Waals surface area (Å²) >= 11 is 1.28. The number of carbonyl (C=O) groups is 1. The van der Waals surface area contributed by atoms with Gasteiger partial charge in [0, 0.05) is 74.5 Å². The Kier molecular flexibility index (Phi) is 10.2. The summed E-state index contributed by atoms with van der Waals surface area (Å²) in [6.07, 6.45) is 8.30. The van der Waals surface area contributed by atoms with Gasteiger partial charge in [0.2, 0.25) is 5.95 Å². The van der Waals surface area contributed by atoms with E-state index in [0.717, 1.165) is 54.2 Å². The number of nitriles is 1. The van der Waals surface area contributed by atoms with Crippen molar-refractivity contribution in [2.45, 2.75) is 32.2 Å². The van der Waals surface area contributed by atoms with Gasteiger partial charge in [0.05, 0.1) is 5.69 Å². The highest BCUT2D eigenvalue weighted by molar-refractivity contribution is 7.16. The number of anilines is 3. The minimum atomic E-state index is -0.342. The fourth-order valence-corrected chi connectivity index (χ4v) is 7.09. The van der Waals surface area contributed by atoms with Crippen molar-refractivity contribution in [2.24, 2.45) is 0 Å². The van der Waals surface area contributed by atoms with Gasteiger partial charge in [-0.15, -0.1) is 12.4 Å². The molecule has 7 rings (SSSR count). The summed E-state index contributed by atoms with van der Waals surface area (Å²) in [5.41, 5.74) is 4.67. The maximum atomic E-state index is 13.6. The minimum Gasteiger partial charge on any atom is -0.337 e. The largest absolute Gasteiger partial charge is 0.337 e. The quantitative estimate of drug-likeness (QED) is 0.233. The molecule has 1 aromatic carbocycles. The van der Waals surface area contributed by atoms with E-state index in [9.17, 15) is 14.4 Å². The molecule has 0 bridgehead atoms. The SMILES string of the molecule is CCc1nc2ccc(-c3cnc(N4CCN(C(=O)NC5CCNCC5)CC4)nc3)cn2c1N(C)c1nc(-c2ccc(F)cc2)c(C#N)s1.Cl. The van der Waals surface area contributed by atoms with Crippen molar-refractivity contribution in [2.75, 3.05) is 56.1 Å². The number of piperazine rings is 1. The minimum absolute atomic E-state index is 0. The van der Waals surface area contributed by atoms with Crippen LogP contribution in [0.1, 0.15) is 30.3 Å². The fraction of sp³-hybridized carbons (Fsp3) is 0.353. The van der Waals surface area contributed by atoms with Gasteiger partial charge in [0.15, 0.2) is 5.13 Å². The number of urea groups is 1. The highest BCUT2D eigenvalue weighted by atomic mass is 35.5. The van der Waals surface area contributed by atoms with E-state index in [4.69, 9.17) is 19.9 Å². The molecule has 2 N–H and O–H groups in total. The van der Waals surface area contributed by atoms with Crippen LogP contribution in [0.4, 0.5) is 26.1 Å². The number of benzene rings is 1. The van der Waals surface area contributed by atoms with Crippen LogP contribution in [0.5, 0.6) is 0 Å². The Morgan fingerprint density at radius 3 is 2.41 bits per heavy atom. The Bertz CT molecular complexity index is 1960. The smallest absolute Gasteiger partial charge is 0.317 e. The number of halogens is 2. The second kappa shape index (κ2) is 14.7. The van der Waals surface area contributed by atoms with Crippen LogP contribution < -0.4 is 20.4 Å². The van der Waals surface area contributed by atoms with E-state index in [-0.39, 0.29) is 30.3 Å². The van der Waals surface area contributed by atoms with Crippen LogP contribution in [-0.2, 0) is 6.42 Å². The van der Waals surface area contributed by atoms with Crippen LogP contribution >= 0.6 is 23.7 Å². The average Bonchev–Trinajstić information content (AvgIpc) is 3.74. The van der Waals surface area contributed by atoms with Gasteiger partial charge in [-0.1, -0.05) is 18.3 Å². The van der Waals surface area contributed by atoms with Gasteiger partial charge in [-0.25, -0.2) is 29.1 Å². The molecule has 2 aliphatic heterocycles. The van der Waals surface area contributed by atoms with Gasteiger partial charge in [0.25, 0.3) is 0 Å². The van der Waals surface area contributed by atoms with Gasteiger partial charge >= 0.3 is 6.03 Å². The standard InChI is InChI=1S/C34H36FN11OS.ClH/c1-3-27-31(43(2)34-42-30(28(18-36)48-34)22-4-7-25(35)8-5-22)46-21-23(6-9-29(46)41-27)24-19-38-32(39-20-24)44-14-16-45(17-15-44)33(47)40-26-10-12-37-13-11-26;/h4-9,19-21,26,37H,3,10-17H2,1-2H3,(H,40,47);1H. The molecule has 0 saturated carbocycles. The molecule has 2 amide bonds. The Morgan fingerprint density at radius 1 is 1.04 bits per heavy atom. The molecule has 4 aromatic heterocycles. The fourth-order valence-electron chi connectivity index (χ4n) is 6.24. The number of amides is 2. The first-order valence-electron chi connectivity index (χ1n) is 16.2. The van der Waals surface area contributed by atoms with E-state index in [1.165, 1.54) is 23.5 Å². The van der Waals surface area contributed by atoms with Gasteiger partial charge in [0.1, 0.15) is 33.9 Å². The maximum Gasteiger partial charge on any atom is 0.317 e. The molecule has 0 unspecified atom stereocenters. The molecule has 5 aromatic rings. The molecule has 0 atom stereocenters. The Balaban J connectivity index is 0.00000417. The van der Waals surface area contributed by atoms with Crippen molar-refractivity contribution in [1.29, 1.82) is 5.26 Å². The van der Waals surface area contributed by atoms with Crippen molar-refractivity contribution in [1.82, 2.24) is 39.9 Å². The second-order valence-electron chi connectivity index (χ2n) is 12.0. The molecule has 2 aliphatic rings.